The molecule has 0 aromatic rings. The molecule has 0 fully saturated rings. The lowest BCUT2D eigenvalue weighted by Crippen LogP contribution is -2.20. The minimum absolute atomic E-state index is 0.104. The third kappa shape index (κ3) is 12.1. The molecule has 0 aliphatic rings. The van der Waals surface area contributed by atoms with E-state index >= 15 is 0 Å². The molecule has 2 amide bonds. The number of hydrogen-bond acceptors (Lipinski definition) is 4. The first-order chi connectivity index (χ1) is 10.5. The zero-order chi connectivity index (χ0) is 16.8. The first kappa shape index (κ1) is 20.3. The minimum Gasteiger partial charge on any atom is -0.273 e. The molecule has 0 aromatic carbocycles. The van der Waals surface area contributed by atoms with Gasteiger partial charge in [0.25, 0.3) is 0 Å². The average molecular weight is 310 g/mol. The summed E-state index contributed by atoms with van der Waals surface area (Å²) in [5, 5.41) is 8.03. The van der Waals surface area contributed by atoms with Crippen LogP contribution in [0.5, 0.6) is 0 Å². The SMILES string of the molecule is CCC/C(C)=N\NC(=O)CCCCC(=O)N/N=C(/C)CCC. The van der Waals surface area contributed by atoms with Gasteiger partial charge in [-0.05, 0) is 39.5 Å². The van der Waals surface area contributed by atoms with Gasteiger partial charge in [-0.3, -0.25) is 9.59 Å². The van der Waals surface area contributed by atoms with Crippen molar-refractivity contribution in [3.05, 3.63) is 0 Å². The molecule has 0 aromatic heterocycles. The van der Waals surface area contributed by atoms with Gasteiger partial charge >= 0.3 is 0 Å². The van der Waals surface area contributed by atoms with Crippen LogP contribution in [-0.2, 0) is 9.59 Å². The smallest absolute Gasteiger partial charge is 0.240 e. The van der Waals surface area contributed by atoms with Crippen molar-refractivity contribution in [2.45, 2.75) is 79.1 Å². The summed E-state index contributed by atoms with van der Waals surface area (Å²) < 4.78 is 0. The molecule has 0 bridgehead atoms. The van der Waals surface area contributed by atoms with E-state index in [2.05, 4.69) is 34.9 Å². The minimum atomic E-state index is -0.104. The van der Waals surface area contributed by atoms with E-state index in [1.165, 1.54) is 0 Å². The van der Waals surface area contributed by atoms with Gasteiger partial charge in [0.1, 0.15) is 0 Å². The summed E-state index contributed by atoms with van der Waals surface area (Å²) in [7, 11) is 0. The molecule has 0 atom stereocenters. The lowest BCUT2D eigenvalue weighted by molar-refractivity contribution is -0.123. The van der Waals surface area contributed by atoms with E-state index in [9.17, 15) is 9.59 Å². The van der Waals surface area contributed by atoms with Crippen LogP contribution < -0.4 is 10.9 Å². The number of carbonyl (C=O) groups is 2. The maximum absolute atomic E-state index is 11.5. The Morgan fingerprint density at radius 1 is 0.727 bits per heavy atom. The van der Waals surface area contributed by atoms with Crippen LogP contribution in [0.15, 0.2) is 10.2 Å². The Hall–Kier alpha value is -1.72. The summed E-state index contributed by atoms with van der Waals surface area (Å²) in [4.78, 5) is 23.1. The predicted octanol–water partition coefficient (Wildman–Crippen LogP) is 3.13. The average Bonchev–Trinajstić information content (AvgIpc) is 2.48. The molecule has 2 N–H and O–H groups in total. The summed E-state index contributed by atoms with van der Waals surface area (Å²) in [5.41, 5.74) is 6.93. The van der Waals surface area contributed by atoms with E-state index in [0.29, 0.717) is 25.7 Å². The van der Waals surface area contributed by atoms with Gasteiger partial charge in [0.2, 0.25) is 11.8 Å². The number of amides is 2. The van der Waals surface area contributed by atoms with Crippen molar-refractivity contribution in [2.75, 3.05) is 0 Å². The Morgan fingerprint density at radius 3 is 1.41 bits per heavy atom. The molecule has 0 spiro atoms. The van der Waals surface area contributed by atoms with Crippen molar-refractivity contribution in [1.82, 2.24) is 10.9 Å². The van der Waals surface area contributed by atoms with E-state index in [1.54, 1.807) is 0 Å². The fraction of sp³-hybridized carbons (Fsp3) is 0.750. The number of rotatable bonds is 11. The lowest BCUT2D eigenvalue weighted by atomic mass is 10.2. The summed E-state index contributed by atoms with van der Waals surface area (Å²) in [6.07, 6.45) is 5.90. The summed E-state index contributed by atoms with van der Waals surface area (Å²) in [6.45, 7) is 7.93. The molecule has 0 rings (SSSR count). The van der Waals surface area contributed by atoms with Gasteiger partial charge in [0.15, 0.2) is 0 Å². The van der Waals surface area contributed by atoms with E-state index in [4.69, 9.17) is 0 Å². The fourth-order valence-corrected chi connectivity index (χ4v) is 1.83. The quantitative estimate of drug-likeness (QED) is 0.349. The van der Waals surface area contributed by atoms with Crippen LogP contribution in [-0.4, -0.2) is 23.2 Å². The van der Waals surface area contributed by atoms with Crippen LogP contribution in [0.2, 0.25) is 0 Å². The van der Waals surface area contributed by atoms with E-state index in [-0.39, 0.29) is 11.8 Å². The lowest BCUT2D eigenvalue weighted by Gasteiger charge is -2.03. The van der Waals surface area contributed by atoms with Crippen LogP contribution >= 0.6 is 0 Å². The molecule has 0 unspecified atom stereocenters. The van der Waals surface area contributed by atoms with Crippen molar-refractivity contribution < 1.29 is 9.59 Å². The van der Waals surface area contributed by atoms with Crippen molar-refractivity contribution in [2.24, 2.45) is 10.2 Å². The molecule has 6 nitrogen and oxygen atoms in total. The van der Waals surface area contributed by atoms with Gasteiger partial charge < -0.3 is 0 Å². The van der Waals surface area contributed by atoms with Crippen LogP contribution in [0.3, 0.4) is 0 Å². The van der Waals surface area contributed by atoms with Crippen molar-refractivity contribution >= 4 is 23.2 Å². The van der Waals surface area contributed by atoms with Crippen LogP contribution in [0.4, 0.5) is 0 Å². The number of hydrazone groups is 2. The summed E-state index contributed by atoms with van der Waals surface area (Å²) >= 11 is 0. The van der Waals surface area contributed by atoms with Gasteiger partial charge in [-0.15, -0.1) is 0 Å². The van der Waals surface area contributed by atoms with Gasteiger partial charge in [0, 0.05) is 24.3 Å². The highest BCUT2D eigenvalue weighted by Gasteiger charge is 2.03. The number of nitrogens with zero attached hydrogens (tertiary/aromatic N) is 2. The third-order valence-electron chi connectivity index (χ3n) is 3.02. The Morgan fingerprint density at radius 2 is 1.09 bits per heavy atom. The number of carbonyl (C=O) groups excluding carboxylic acids is 2. The summed E-state index contributed by atoms with van der Waals surface area (Å²) in [5.74, 6) is -0.208. The largest absolute Gasteiger partial charge is 0.273 e. The van der Waals surface area contributed by atoms with E-state index in [1.807, 2.05) is 13.8 Å². The Balaban J connectivity index is 3.75. The molecule has 0 aliphatic carbocycles. The highest BCUT2D eigenvalue weighted by molar-refractivity contribution is 5.85. The molecule has 6 heteroatoms. The van der Waals surface area contributed by atoms with E-state index < -0.39 is 0 Å². The highest BCUT2D eigenvalue weighted by atomic mass is 16.2. The third-order valence-corrected chi connectivity index (χ3v) is 3.02. The zero-order valence-corrected chi connectivity index (χ0v) is 14.4. The van der Waals surface area contributed by atoms with Gasteiger partial charge in [-0.25, -0.2) is 10.9 Å². The number of nitrogens with one attached hydrogen (secondary N) is 2. The Labute approximate surface area is 133 Å². The van der Waals surface area contributed by atoms with Crippen LogP contribution in [0, 0.1) is 0 Å². The van der Waals surface area contributed by atoms with Crippen molar-refractivity contribution in [3.8, 4) is 0 Å². The molecule has 0 saturated carbocycles. The number of unbranched alkanes of at least 4 members (excludes halogenated alkanes) is 1. The molecule has 126 valence electrons. The monoisotopic (exact) mass is 310 g/mol. The van der Waals surface area contributed by atoms with Gasteiger partial charge in [-0.1, -0.05) is 26.7 Å². The fourth-order valence-electron chi connectivity index (χ4n) is 1.83. The van der Waals surface area contributed by atoms with Gasteiger partial charge in [0.05, 0.1) is 0 Å². The number of hydrogen-bond donors (Lipinski definition) is 2. The second kappa shape index (κ2) is 13.0. The molecule has 0 heterocycles. The standard InChI is InChI=1S/C16H30N4O2/c1-5-9-13(3)17-19-15(21)11-7-8-12-16(22)20-18-14(4)10-6-2/h5-12H2,1-4H3,(H,19,21)(H,20,22)/b17-13-,18-14-. The molecule has 22 heavy (non-hydrogen) atoms. The predicted molar refractivity (Wildman–Crippen MR) is 90.8 cm³/mol. The van der Waals surface area contributed by atoms with E-state index in [0.717, 1.165) is 37.1 Å². The molecular weight excluding hydrogens is 280 g/mol. The maximum Gasteiger partial charge on any atom is 0.240 e. The second-order valence-corrected chi connectivity index (χ2v) is 5.47. The normalized spacial score (nSPS) is 12.2. The zero-order valence-electron chi connectivity index (χ0n) is 14.4. The van der Waals surface area contributed by atoms with Crippen molar-refractivity contribution in [1.29, 1.82) is 0 Å². The second-order valence-electron chi connectivity index (χ2n) is 5.47. The molecule has 0 radical (unpaired) electrons. The first-order valence-corrected chi connectivity index (χ1v) is 8.13. The van der Waals surface area contributed by atoms with Gasteiger partial charge in [-0.2, -0.15) is 10.2 Å². The van der Waals surface area contributed by atoms with Crippen LogP contribution in [0.1, 0.15) is 79.1 Å². The van der Waals surface area contributed by atoms with Crippen LogP contribution in [0.25, 0.3) is 0 Å². The topological polar surface area (TPSA) is 82.9 Å². The summed E-state index contributed by atoms with van der Waals surface area (Å²) in [6, 6.07) is 0. The van der Waals surface area contributed by atoms with Crippen molar-refractivity contribution in [3.63, 3.8) is 0 Å². The molecule has 0 aliphatic heterocycles. The highest BCUT2D eigenvalue weighted by Crippen LogP contribution is 2.00. The Kier molecular flexibility index (Phi) is 12.0. The molecular formula is C16H30N4O2. The first-order valence-electron chi connectivity index (χ1n) is 8.13. The molecule has 0 saturated heterocycles. The Bertz CT molecular complexity index is 365. The maximum atomic E-state index is 11.5.